The normalized spacial score (nSPS) is 17.3. The number of benzene rings is 1. The molecule has 1 aliphatic rings. The van der Waals surface area contributed by atoms with Gasteiger partial charge in [-0.25, -0.2) is 0 Å². The first-order chi connectivity index (χ1) is 11.2. The minimum Gasteiger partial charge on any atom is -0.383 e. The maximum atomic E-state index is 12.5. The minimum atomic E-state index is -0.360. The second-order valence-corrected chi connectivity index (χ2v) is 5.56. The van der Waals surface area contributed by atoms with E-state index in [1.54, 1.807) is 24.1 Å². The first-order valence-electron chi connectivity index (χ1n) is 8.07. The molecule has 1 atom stereocenters. The first kappa shape index (κ1) is 17.4. The van der Waals surface area contributed by atoms with Crippen LogP contribution in [0.15, 0.2) is 30.3 Å². The van der Waals surface area contributed by atoms with Crippen molar-refractivity contribution in [3.05, 3.63) is 35.9 Å². The van der Waals surface area contributed by atoms with Crippen LogP contribution in [0.25, 0.3) is 0 Å². The van der Waals surface area contributed by atoms with E-state index in [0.29, 0.717) is 31.8 Å². The summed E-state index contributed by atoms with van der Waals surface area (Å²) in [5.41, 5.74) is 0.633. The van der Waals surface area contributed by atoms with E-state index in [2.05, 4.69) is 10.6 Å². The summed E-state index contributed by atoms with van der Waals surface area (Å²) in [5.74, 6) is -0.137. The molecule has 2 amide bonds. The average molecular weight is 319 g/mol. The smallest absolute Gasteiger partial charge is 0.254 e. The Morgan fingerprint density at radius 1 is 1.22 bits per heavy atom. The zero-order chi connectivity index (χ0) is 16.5. The van der Waals surface area contributed by atoms with Crippen molar-refractivity contribution in [1.82, 2.24) is 15.5 Å². The van der Waals surface area contributed by atoms with Crippen LogP contribution in [0.2, 0.25) is 0 Å². The van der Waals surface area contributed by atoms with Crippen LogP contribution in [0, 0.1) is 0 Å². The zero-order valence-electron chi connectivity index (χ0n) is 13.6. The Kier molecular flexibility index (Phi) is 7.03. The Hall–Kier alpha value is -1.92. The molecule has 1 unspecified atom stereocenters. The molecule has 6 nitrogen and oxygen atoms in total. The van der Waals surface area contributed by atoms with Crippen LogP contribution in [0.1, 0.15) is 23.2 Å². The molecule has 2 N–H and O–H groups in total. The number of likely N-dealkylation sites (tertiary alicyclic amines) is 1. The van der Waals surface area contributed by atoms with E-state index < -0.39 is 0 Å². The van der Waals surface area contributed by atoms with Gasteiger partial charge in [0.05, 0.1) is 6.61 Å². The summed E-state index contributed by atoms with van der Waals surface area (Å²) >= 11 is 0. The van der Waals surface area contributed by atoms with Crippen molar-refractivity contribution in [2.24, 2.45) is 0 Å². The van der Waals surface area contributed by atoms with Gasteiger partial charge in [0, 0.05) is 38.9 Å². The van der Waals surface area contributed by atoms with Gasteiger partial charge in [0.15, 0.2) is 0 Å². The maximum absolute atomic E-state index is 12.5. The summed E-state index contributed by atoms with van der Waals surface area (Å²) in [6.07, 6.45) is 1.59. The molecule has 1 fully saturated rings. The van der Waals surface area contributed by atoms with Gasteiger partial charge in [0.1, 0.15) is 6.04 Å². The highest BCUT2D eigenvalue weighted by Gasteiger charge is 2.34. The Morgan fingerprint density at radius 3 is 2.74 bits per heavy atom. The predicted molar refractivity (Wildman–Crippen MR) is 88.3 cm³/mol. The largest absolute Gasteiger partial charge is 0.383 e. The topological polar surface area (TPSA) is 70.7 Å². The number of nitrogens with one attached hydrogen (secondary N) is 2. The number of carbonyl (C=O) groups excluding carboxylic acids is 2. The number of hydrogen-bond acceptors (Lipinski definition) is 4. The molecule has 2 rings (SSSR count). The number of hydrogen-bond donors (Lipinski definition) is 2. The molecule has 0 aromatic heterocycles. The van der Waals surface area contributed by atoms with Crippen molar-refractivity contribution in [2.75, 3.05) is 39.9 Å². The minimum absolute atomic E-state index is 0.0681. The number of nitrogens with zero attached hydrogens (tertiary/aromatic N) is 1. The van der Waals surface area contributed by atoms with Crippen molar-refractivity contribution in [3.8, 4) is 0 Å². The highest BCUT2D eigenvalue weighted by Crippen LogP contribution is 2.20. The molecule has 1 aromatic carbocycles. The van der Waals surface area contributed by atoms with E-state index in [0.717, 1.165) is 19.4 Å². The summed E-state index contributed by atoms with van der Waals surface area (Å²) in [5, 5.41) is 6.07. The van der Waals surface area contributed by atoms with Gasteiger partial charge >= 0.3 is 0 Å². The van der Waals surface area contributed by atoms with E-state index >= 15 is 0 Å². The summed E-state index contributed by atoms with van der Waals surface area (Å²) in [4.78, 5) is 26.5. The number of rotatable bonds is 8. The Bertz CT molecular complexity index is 507. The molecule has 1 aliphatic heterocycles. The predicted octanol–water partition coefficient (Wildman–Crippen LogP) is 0.643. The van der Waals surface area contributed by atoms with Gasteiger partial charge in [-0.05, 0) is 25.0 Å². The van der Waals surface area contributed by atoms with Gasteiger partial charge in [-0.1, -0.05) is 18.2 Å². The molecular weight excluding hydrogens is 294 g/mol. The molecule has 6 heteroatoms. The molecule has 0 saturated carbocycles. The lowest BCUT2D eigenvalue weighted by molar-refractivity contribution is -0.124. The Labute approximate surface area is 137 Å². The molecule has 0 radical (unpaired) electrons. The lowest BCUT2D eigenvalue weighted by Gasteiger charge is -2.24. The van der Waals surface area contributed by atoms with E-state index in [1.165, 1.54) is 0 Å². The van der Waals surface area contributed by atoms with E-state index in [-0.39, 0.29) is 17.9 Å². The third-order valence-electron chi connectivity index (χ3n) is 3.92. The molecule has 23 heavy (non-hydrogen) atoms. The first-order valence-corrected chi connectivity index (χ1v) is 8.07. The molecule has 1 aromatic rings. The standard InChI is InChI=1S/C17H25N3O3/c1-23-13-11-18-9-10-19-16(21)15-8-5-12-20(15)17(22)14-6-3-2-4-7-14/h2-4,6-7,15,18H,5,8-13H2,1H3,(H,19,21). The number of ether oxygens (including phenoxy) is 1. The van der Waals surface area contributed by atoms with Crippen LogP contribution in [0.3, 0.4) is 0 Å². The second kappa shape index (κ2) is 9.27. The van der Waals surface area contributed by atoms with Gasteiger partial charge in [-0.3, -0.25) is 9.59 Å². The number of methoxy groups -OCH3 is 1. The molecule has 1 saturated heterocycles. The van der Waals surface area contributed by atoms with Gasteiger partial charge in [0.2, 0.25) is 5.91 Å². The van der Waals surface area contributed by atoms with Crippen LogP contribution in [0.5, 0.6) is 0 Å². The van der Waals surface area contributed by atoms with Crippen molar-refractivity contribution < 1.29 is 14.3 Å². The highest BCUT2D eigenvalue weighted by molar-refractivity contribution is 5.97. The fraction of sp³-hybridized carbons (Fsp3) is 0.529. The molecule has 0 spiro atoms. The molecule has 1 heterocycles. The van der Waals surface area contributed by atoms with Crippen LogP contribution in [-0.4, -0.2) is 62.7 Å². The number of carbonyl (C=O) groups is 2. The molecule has 0 bridgehead atoms. The summed E-state index contributed by atoms with van der Waals surface area (Å²) in [6, 6.07) is 8.77. The van der Waals surface area contributed by atoms with E-state index in [9.17, 15) is 9.59 Å². The molecule has 0 aliphatic carbocycles. The van der Waals surface area contributed by atoms with Crippen molar-refractivity contribution >= 4 is 11.8 Å². The van der Waals surface area contributed by atoms with Crippen LogP contribution < -0.4 is 10.6 Å². The monoisotopic (exact) mass is 319 g/mol. The summed E-state index contributed by atoms with van der Waals surface area (Å²) in [6.45, 7) is 3.28. The lowest BCUT2D eigenvalue weighted by Crippen LogP contribution is -2.47. The van der Waals surface area contributed by atoms with Crippen LogP contribution in [-0.2, 0) is 9.53 Å². The van der Waals surface area contributed by atoms with Gasteiger partial charge in [-0.15, -0.1) is 0 Å². The van der Waals surface area contributed by atoms with Gasteiger partial charge < -0.3 is 20.3 Å². The van der Waals surface area contributed by atoms with Crippen molar-refractivity contribution in [2.45, 2.75) is 18.9 Å². The SMILES string of the molecule is COCCNCCNC(=O)C1CCCN1C(=O)c1ccccc1. The summed E-state index contributed by atoms with van der Waals surface area (Å²) < 4.78 is 4.94. The van der Waals surface area contributed by atoms with Gasteiger partial charge in [-0.2, -0.15) is 0 Å². The average Bonchev–Trinajstić information content (AvgIpc) is 3.07. The zero-order valence-corrected chi connectivity index (χ0v) is 13.6. The van der Waals surface area contributed by atoms with Gasteiger partial charge in [0.25, 0.3) is 5.91 Å². The fourth-order valence-corrected chi connectivity index (χ4v) is 2.72. The Morgan fingerprint density at radius 2 is 2.00 bits per heavy atom. The summed E-state index contributed by atoms with van der Waals surface area (Å²) in [7, 11) is 1.65. The third-order valence-corrected chi connectivity index (χ3v) is 3.92. The molecular formula is C17H25N3O3. The van der Waals surface area contributed by atoms with E-state index in [1.807, 2.05) is 18.2 Å². The second-order valence-electron chi connectivity index (χ2n) is 5.56. The number of amides is 2. The van der Waals surface area contributed by atoms with Crippen molar-refractivity contribution in [1.29, 1.82) is 0 Å². The quantitative estimate of drug-likeness (QED) is 0.690. The third kappa shape index (κ3) is 5.04. The fourth-order valence-electron chi connectivity index (χ4n) is 2.72. The highest BCUT2D eigenvalue weighted by atomic mass is 16.5. The van der Waals surface area contributed by atoms with E-state index in [4.69, 9.17) is 4.74 Å². The maximum Gasteiger partial charge on any atom is 0.254 e. The van der Waals surface area contributed by atoms with Crippen molar-refractivity contribution in [3.63, 3.8) is 0 Å². The van der Waals surface area contributed by atoms with Crippen LogP contribution in [0.4, 0.5) is 0 Å². The lowest BCUT2D eigenvalue weighted by atomic mass is 10.1. The van der Waals surface area contributed by atoms with Crippen LogP contribution >= 0.6 is 0 Å². The Balaban J connectivity index is 1.81. The molecule has 126 valence electrons.